The van der Waals surface area contributed by atoms with Gasteiger partial charge in [0.25, 0.3) is 0 Å². The van der Waals surface area contributed by atoms with E-state index in [4.69, 9.17) is 5.84 Å². The van der Waals surface area contributed by atoms with E-state index < -0.39 is 0 Å². The minimum absolute atomic E-state index is 0.0858. The number of hydrazine groups is 1. The second kappa shape index (κ2) is 5.39. The summed E-state index contributed by atoms with van der Waals surface area (Å²) in [6, 6.07) is 10.7. The van der Waals surface area contributed by atoms with Crippen LogP contribution in [0.5, 0.6) is 0 Å². The summed E-state index contributed by atoms with van der Waals surface area (Å²) in [7, 11) is 1.67. The Hall–Kier alpha value is -2.46. The third-order valence-electron chi connectivity index (χ3n) is 4.04. The summed E-state index contributed by atoms with van der Waals surface area (Å²) in [5, 5.41) is 1.40. The molecule has 112 valence electrons. The molecule has 0 unspecified atom stereocenters. The van der Waals surface area contributed by atoms with Gasteiger partial charge in [-0.15, -0.1) is 0 Å². The van der Waals surface area contributed by atoms with Crippen LogP contribution in [0, 0.1) is 0 Å². The van der Waals surface area contributed by atoms with E-state index in [1.807, 2.05) is 12.1 Å². The van der Waals surface area contributed by atoms with Gasteiger partial charge in [0.1, 0.15) is 0 Å². The van der Waals surface area contributed by atoms with Gasteiger partial charge in [0.2, 0.25) is 0 Å². The molecule has 0 saturated carbocycles. The summed E-state index contributed by atoms with van der Waals surface area (Å²) in [6.07, 6.45) is 1.67. The summed E-state index contributed by atoms with van der Waals surface area (Å²) < 4.78 is 0. The highest BCUT2D eigenvalue weighted by atomic mass is 16.1. The maximum atomic E-state index is 12.9. The lowest BCUT2D eigenvalue weighted by Gasteiger charge is -2.25. The highest BCUT2D eigenvalue weighted by Crippen LogP contribution is 2.35. The molecule has 4 heteroatoms. The maximum Gasteiger partial charge on any atom is 0.196 e. The second-order valence-corrected chi connectivity index (χ2v) is 5.56. The number of anilines is 1. The molecule has 2 aromatic carbocycles. The molecular weight excluding hydrogens is 276 g/mol. The summed E-state index contributed by atoms with van der Waals surface area (Å²) in [5.74, 6) is 5.64. The van der Waals surface area contributed by atoms with Crippen molar-refractivity contribution in [1.82, 2.24) is 0 Å². The van der Waals surface area contributed by atoms with Crippen LogP contribution in [0.15, 0.2) is 36.4 Å². The van der Waals surface area contributed by atoms with E-state index in [-0.39, 0.29) is 11.6 Å². The van der Waals surface area contributed by atoms with Gasteiger partial charge in [-0.25, -0.2) is 5.84 Å². The number of fused-ring (bicyclic) bond motifs is 2. The van der Waals surface area contributed by atoms with Gasteiger partial charge in [0.05, 0.1) is 11.3 Å². The zero-order chi connectivity index (χ0) is 15.9. The second-order valence-electron chi connectivity index (χ2n) is 5.56. The van der Waals surface area contributed by atoms with Crippen molar-refractivity contribution in [2.24, 2.45) is 5.84 Å². The normalized spacial score (nSPS) is 12.9. The summed E-state index contributed by atoms with van der Waals surface area (Å²) >= 11 is 0. The van der Waals surface area contributed by atoms with E-state index in [0.29, 0.717) is 27.9 Å². The quantitative estimate of drug-likeness (QED) is 0.596. The highest BCUT2D eigenvalue weighted by molar-refractivity contribution is 6.30. The predicted molar refractivity (Wildman–Crippen MR) is 86.3 cm³/mol. The SMILES string of the molecule is CCCc1ccc(N(C)N)c2c1C(=O)c1ccccc1C2=O. The summed E-state index contributed by atoms with van der Waals surface area (Å²) in [6.45, 7) is 2.05. The van der Waals surface area contributed by atoms with E-state index in [1.165, 1.54) is 5.01 Å². The Morgan fingerprint density at radius 3 is 2.09 bits per heavy atom. The molecule has 1 aliphatic carbocycles. The van der Waals surface area contributed by atoms with Crippen LogP contribution in [-0.2, 0) is 6.42 Å². The third kappa shape index (κ3) is 2.04. The molecule has 0 saturated heterocycles. The van der Waals surface area contributed by atoms with Gasteiger partial charge in [-0.2, -0.15) is 0 Å². The lowest BCUT2D eigenvalue weighted by Crippen LogP contribution is -2.31. The largest absolute Gasteiger partial charge is 0.313 e. The Morgan fingerprint density at radius 2 is 1.55 bits per heavy atom. The fourth-order valence-corrected chi connectivity index (χ4v) is 3.04. The summed E-state index contributed by atoms with van der Waals surface area (Å²) in [4.78, 5) is 25.8. The molecule has 0 heterocycles. The van der Waals surface area contributed by atoms with Crippen molar-refractivity contribution in [3.63, 3.8) is 0 Å². The first-order valence-electron chi connectivity index (χ1n) is 7.39. The van der Waals surface area contributed by atoms with E-state index >= 15 is 0 Å². The first-order chi connectivity index (χ1) is 10.6. The van der Waals surface area contributed by atoms with Crippen molar-refractivity contribution >= 4 is 17.3 Å². The molecule has 0 spiro atoms. The number of benzene rings is 2. The molecular formula is C18H18N2O2. The lowest BCUT2D eigenvalue weighted by atomic mass is 9.80. The van der Waals surface area contributed by atoms with Gasteiger partial charge < -0.3 is 5.01 Å². The first kappa shape index (κ1) is 14.5. The fourth-order valence-electron chi connectivity index (χ4n) is 3.04. The van der Waals surface area contributed by atoms with Crippen LogP contribution in [0.3, 0.4) is 0 Å². The molecule has 3 rings (SSSR count). The summed E-state index contributed by atoms with van der Waals surface area (Å²) in [5.41, 5.74) is 3.38. The molecule has 0 fully saturated rings. The number of aryl methyl sites for hydroxylation is 1. The predicted octanol–water partition coefficient (Wildman–Crippen LogP) is 2.72. The molecule has 4 nitrogen and oxygen atoms in total. The Labute approximate surface area is 129 Å². The minimum atomic E-state index is -0.129. The van der Waals surface area contributed by atoms with E-state index in [9.17, 15) is 9.59 Å². The zero-order valence-electron chi connectivity index (χ0n) is 12.7. The van der Waals surface area contributed by atoms with E-state index in [2.05, 4.69) is 6.92 Å². The van der Waals surface area contributed by atoms with Crippen molar-refractivity contribution in [1.29, 1.82) is 0 Å². The fraction of sp³-hybridized carbons (Fsp3) is 0.222. The van der Waals surface area contributed by atoms with Crippen molar-refractivity contribution in [3.8, 4) is 0 Å². The topological polar surface area (TPSA) is 63.4 Å². The van der Waals surface area contributed by atoms with Gasteiger partial charge in [-0.3, -0.25) is 9.59 Å². The molecule has 22 heavy (non-hydrogen) atoms. The smallest absolute Gasteiger partial charge is 0.196 e. The molecule has 0 radical (unpaired) electrons. The Balaban J connectivity index is 2.34. The van der Waals surface area contributed by atoms with Crippen LogP contribution in [0.4, 0.5) is 5.69 Å². The van der Waals surface area contributed by atoms with Crippen molar-refractivity contribution < 1.29 is 9.59 Å². The van der Waals surface area contributed by atoms with Crippen LogP contribution in [0.2, 0.25) is 0 Å². The third-order valence-corrected chi connectivity index (χ3v) is 4.04. The van der Waals surface area contributed by atoms with E-state index in [1.54, 1.807) is 31.3 Å². The van der Waals surface area contributed by atoms with Crippen LogP contribution in [0.1, 0.15) is 50.8 Å². The van der Waals surface area contributed by atoms with Crippen LogP contribution < -0.4 is 10.9 Å². The van der Waals surface area contributed by atoms with Crippen molar-refractivity contribution in [2.45, 2.75) is 19.8 Å². The van der Waals surface area contributed by atoms with E-state index in [0.717, 1.165) is 18.4 Å². The van der Waals surface area contributed by atoms with Gasteiger partial charge in [0.15, 0.2) is 11.6 Å². The number of carbonyl (C=O) groups is 2. The number of hydrogen-bond acceptors (Lipinski definition) is 4. The van der Waals surface area contributed by atoms with Gasteiger partial charge in [-0.05, 0) is 18.1 Å². The molecule has 2 N–H and O–H groups in total. The van der Waals surface area contributed by atoms with Crippen molar-refractivity contribution in [2.75, 3.05) is 12.1 Å². The van der Waals surface area contributed by atoms with Gasteiger partial charge in [-0.1, -0.05) is 43.7 Å². The van der Waals surface area contributed by atoms with Gasteiger partial charge in [0, 0.05) is 23.7 Å². The minimum Gasteiger partial charge on any atom is -0.313 e. The van der Waals surface area contributed by atoms with Crippen LogP contribution in [0.25, 0.3) is 0 Å². The molecule has 0 aromatic heterocycles. The number of hydrogen-bond donors (Lipinski definition) is 1. The molecule has 1 aliphatic rings. The Morgan fingerprint density at radius 1 is 0.955 bits per heavy atom. The number of rotatable bonds is 3. The average Bonchev–Trinajstić information content (AvgIpc) is 2.52. The lowest BCUT2D eigenvalue weighted by molar-refractivity contribution is 0.0978. The molecule has 0 aliphatic heterocycles. The zero-order valence-corrected chi connectivity index (χ0v) is 12.7. The Kier molecular flexibility index (Phi) is 3.54. The number of ketones is 2. The number of carbonyl (C=O) groups excluding carboxylic acids is 2. The monoisotopic (exact) mass is 294 g/mol. The first-order valence-corrected chi connectivity index (χ1v) is 7.39. The van der Waals surface area contributed by atoms with Gasteiger partial charge >= 0.3 is 0 Å². The molecule has 2 aromatic rings. The Bertz CT molecular complexity index is 779. The average molecular weight is 294 g/mol. The standard InChI is InChI=1S/C18H18N2O2/c1-3-6-11-9-10-14(20(2)19)16-15(11)17(21)12-7-4-5-8-13(12)18(16)22/h4-5,7-10H,3,6,19H2,1-2H3. The number of nitrogens with two attached hydrogens (primary N) is 1. The molecule has 0 bridgehead atoms. The van der Waals surface area contributed by atoms with Crippen LogP contribution in [-0.4, -0.2) is 18.6 Å². The van der Waals surface area contributed by atoms with Crippen LogP contribution >= 0.6 is 0 Å². The highest BCUT2D eigenvalue weighted by Gasteiger charge is 2.33. The molecule has 0 amide bonds. The molecule has 0 atom stereocenters. The number of nitrogens with zero attached hydrogens (tertiary/aromatic N) is 1. The van der Waals surface area contributed by atoms with Crippen molar-refractivity contribution in [3.05, 3.63) is 64.2 Å². The maximum absolute atomic E-state index is 12.9.